The summed E-state index contributed by atoms with van der Waals surface area (Å²) >= 11 is 0. The zero-order valence-electron chi connectivity index (χ0n) is 16.9. The van der Waals surface area contributed by atoms with Crippen LogP contribution in [0.2, 0.25) is 0 Å². The lowest BCUT2D eigenvalue weighted by molar-refractivity contribution is 0.0992. The van der Waals surface area contributed by atoms with Crippen molar-refractivity contribution in [3.63, 3.8) is 0 Å². The fourth-order valence-corrected chi connectivity index (χ4v) is 5.18. The standard InChI is InChI=1S/C21H24N4O4S/c1-3-30(27,28)23-13-4-5-19(25-11-15-9-14(25)12-29-15)17(8-13)18-10-22-21(26)20-16(18)6-7-24(20)2/h4-8,10,14-15,23H,3,9,11-12H2,1-2H3,(H,22,26). The molecule has 2 unspecified atom stereocenters. The third kappa shape index (κ3) is 3.09. The molecule has 4 heterocycles. The maximum atomic E-state index is 12.4. The van der Waals surface area contributed by atoms with Gasteiger partial charge in [-0.15, -0.1) is 0 Å². The van der Waals surface area contributed by atoms with Crippen molar-refractivity contribution in [1.29, 1.82) is 0 Å². The number of sulfonamides is 1. The number of pyridine rings is 1. The summed E-state index contributed by atoms with van der Waals surface area (Å²) < 4.78 is 34.5. The molecule has 0 spiro atoms. The Hall–Kier alpha value is -2.78. The van der Waals surface area contributed by atoms with Crippen LogP contribution in [-0.4, -0.2) is 49.0 Å². The number of nitrogens with zero attached hydrogens (tertiary/aromatic N) is 2. The lowest BCUT2D eigenvalue weighted by Crippen LogP contribution is -2.37. The number of hydrogen-bond acceptors (Lipinski definition) is 5. The van der Waals surface area contributed by atoms with Crippen molar-refractivity contribution in [3.8, 4) is 11.1 Å². The Morgan fingerprint density at radius 3 is 2.80 bits per heavy atom. The number of anilines is 2. The Balaban J connectivity index is 1.70. The Kier molecular flexibility index (Phi) is 4.41. The number of fused-ring (bicyclic) bond motifs is 3. The van der Waals surface area contributed by atoms with E-state index in [1.165, 1.54) is 0 Å². The van der Waals surface area contributed by atoms with Crippen molar-refractivity contribution in [2.75, 3.05) is 28.5 Å². The van der Waals surface area contributed by atoms with Crippen LogP contribution in [-0.2, 0) is 21.8 Å². The topological polar surface area (TPSA) is 96.4 Å². The average Bonchev–Trinajstić information content (AvgIpc) is 3.44. The van der Waals surface area contributed by atoms with Crippen LogP contribution in [0.25, 0.3) is 22.0 Å². The van der Waals surface area contributed by atoms with Gasteiger partial charge < -0.3 is 19.2 Å². The molecule has 5 rings (SSSR count). The average molecular weight is 429 g/mol. The monoisotopic (exact) mass is 428 g/mol. The van der Waals surface area contributed by atoms with E-state index in [0.29, 0.717) is 23.9 Å². The van der Waals surface area contributed by atoms with Crippen molar-refractivity contribution in [2.24, 2.45) is 7.05 Å². The SMILES string of the molecule is CCS(=O)(=O)Nc1ccc(N2CC3CC2CO3)c(-c2c[nH]c(=O)c3c2ccn3C)c1. The molecule has 8 nitrogen and oxygen atoms in total. The quantitative estimate of drug-likeness (QED) is 0.650. The van der Waals surface area contributed by atoms with E-state index < -0.39 is 10.0 Å². The van der Waals surface area contributed by atoms with Gasteiger partial charge in [0.15, 0.2) is 0 Å². The van der Waals surface area contributed by atoms with Crippen molar-refractivity contribution in [1.82, 2.24) is 9.55 Å². The van der Waals surface area contributed by atoms with Crippen molar-refractivity contribution < 1.29 is 13.2 Å². The molecule has 1 aromatic carbocycles. The van der Waals surface area contributed by atoms with Crippen LogP contribution in [0.1, 0.15) is 13.3 Å². The lowest BCUT2D eigenvalue weighted by Gasteiger charge is -2.31. The molecule has 158 valence electrons. The minimum atomic E-state index is -3.40. The zero-order chi connectivity index (χ0) is 21.0. The van der Waals surface area contributed by atoms with Crippen LogP contribution in [0.4, 0.5) is 11.4 Å². The maximum Gasteiger partial charge on any atom is 0.272 e. The molecule has 0 saturated carbocycles. The van der Waals surface area contributed by atoms with Gasteiger partial charge in [-0.2, -0.15) is 0 Å². The molecule has 2 saturated heterocycles. The summed E-state index contributed by atoms with van der Waals surface area (Å²) in [7, 11) is -1.56. The van der Waals surface area contributed by atoms with Gasteiger partial charge in [0.25, 0.3) is 5.56 Å². The normalized spacial score (nSPS) is 20.9. The van der Waals surface area contributed by atoms with Crippen LogP contribution in [0.3, 0.4) is 0 Å². The first-order valence-corrected chi connectivity index (χ1v) is 11.7. The zero-order valence-corrected chi connectivity index (χ0v) is 17.7. The van der Waals surface area contributed by atoms with Crippen LogP contribution >= 0.6 is 0 Å². The molecule has 30 heavy (non-hydrogen) atoms. The number of morpholine rings is 1. The number of benzene rings is 1. The predicted octanol–water partition coefficient (Wildman–Crippen LogP) is 2.27. The number of ether oxygens (including phenoxy) is 1. The smallest absolute Gasteiger partial charge is 0.272 e. The van der Waals surface area contributed by atoms with E-state index in [1.807, 2.05) is 31.4 Å². The number of aromatic amines is 1. The largest absolute Gasteiger partial charge is 0.374 e. The Labute approximate surface area is 174 Å². The lowest BCUT2D eigenvalue weighted by atomic mass is 10.00. The van der Waals surface area contributed by atoms with E-state index in [0.717, 1.165) is 35.2 Å². The van der Waals surface area contributed by atoms with E-state index >= 15 is 0 Å². The van der Waals surface area contributed by atoms with E-state index in [2.05, 4.69) is 14.6 Å². The van der Waals surface area contributed by atoms with Gasteiger partial charge in [-0.3, -0.25) is 9.52 Å². The second kappa shape index (κ2) is 6.88. The van der Waals surface area contributed by atoms with Gasteiger partial charge in [0, 0.05) is 53.9 Å². The molecule has 0 radical (unpaired) electrons. The molecular formula is C21H24N4O4S. The van der Waals surface area contributed by atoms with Crippen LogP contribution in [0, 0.1) is 0 Å². The highest BCUT2D eigenvalue weighted by atomic mass is 32.2. The van der Waals surface area contributed by atoms with Gasteiger partial charge in [0.1, 0.15) is 5.52 Å². The van der Waals surface area contributed by atoms with E-state index in [9.17, 15) is 13.2 Å². The number of H-pyrrole nitrogens is 1. The van der Waals surface area contributed by atoms with Crippen LogP contribution < -0.4 is 15.2 Å². The van der Waals surface area contributed by atoms with Crippen molar-refractivity contribution >= 4 is 32.3 Å². The van der Waals surface area contributed by atoms with Gasteiger partial charge in [0.05, 0.1) is 24.5 Å². The summed E-state index contributed by atoms with van der Waals surface area (Å²) in [6.07, 6.45) is 4.80. The molecular weight excluding hydrogens is 404 g/mol. The first kappa shape index (κ1) is 19.2. The molecule has 0 amide bonds. The maximum absolute atomic E-state index is 12.4. The van der Waals surface area contributed by atoms with Crippen LogP contribution in [0.15, 0.2) is 41.5 Å². The number of rotatable bonds is 5. The first-order valence-electron chi connectivity index (χ1n) is 10.1. The predicted molar refractivity (Wildman–Crippen MR) is 118 cm³/mol. The number of hydrogen-bond donors (Lipinski definition) is 2. The highest BCUT2D eigenvalue weighted by Crippen LogP contribution is 2.41. The molecule has 3 aromatic rings. The molecule has 9 heteroatoms. The molecule has 2 N–H and O–H groups in total. The van der Waals surface area contributed by atoms with E-state index in [-0.39, 0.29) is 17.4 Å². The molecule has 2 atom stereocenters. The highest BCUT2D eigenvalue weighted by Gasteiger charge is 2.40. The Morgan fingerprint density at radius 2 is 2.10 bits per heavy atom. The summed E-state index contributed by atoms with van der Waals surface area (Å²) in [6, 6.07) is 7.85. The highest BCUT2D eigenvalue weighted by molar-refractivity contribution is 7.92. The second-order valence-corrected chi connectivity index (χ2v) is 9.97. The molecule has 2 aliphatic rings. The summed E-state index contributed by atoms with van der Waals surface area (Å²) in [5.41, 5.74) is 3.70. The number of aryl methyl sites for hydroxylation is 1. The molecule has 2 fully saturated rings. The molecule has 2 aliphatic heterocycles. The summed E-state index contributed by atoms with van der Waals surface area (Å²) in [6.45, 7) is 3.10. The first-order chi connectivity index (χ1) is 14.4. The third-order valence-corrected chi connectivity index (χ3v) is 7.38. The molecule has 2 aromatic heterocycles. The molecule has 0 aliphatic carbocycles. The van der Waals surface area contributed by atoms with Gasteiger partial charge >= 0.3 is 0 Å². The fourth-order valence-electron chi connectivity index (χ4n) is 4.55. The minimum Gasteiger partial charge on any atom is -0.374 e. The van der Waals surface area contributed by atoms with Crippen molar-refractivity contribution in [3.05, 3.63) is 47.0 Å². The summed E-state index contributed by atoms with van der Waals surface area (Å²) in [4.78, 5) is 17.6. The minimum absolute atomic E-state index is 0.00110. The van der Waals surface area contributed by atoms with Gasteiger partial charge in [-0.1, -0.05) is 0 Å². The Bertz CT molecular complexity index is 1290. The van der Waals surface area contributed by atoms with Crippen LogP contribution in [0.5, 0.6) is 0 Å². The summed E-state index contributed by atoms with van der Waals surface area (Å²) in [5.74, 6) is -0.00110. The van der Waals surface area contributed by atoms with Crippen molar-refractivity contribution in [2.45, 2.75) is 25.5 Å². The molecule has 2 bridgehead atoms. The fraction of sp³-hybridized carbons (Fsp3) is 0.381. The number of nitrogens with one attached hydrogen (secondary N) is 2. The van der Waals surface area contributed by atoms with Gasteiger partial charge in [0.2, 0.25) is 10.0 Å². The van der Waals surface area contributed by atoms with E-state index in [1.54, 1.807) is 23.8 Å². The van der Waals surface area contributed by atoms with Gasteiger partial charge in [-0.05, 0) is 37.6 Å². The second-order valence-electron chi connectivity index (χ2n) is 7.96. The third-order valence-electron chi connectivity index (χ3n) is 6.08. The summed E-state index contributed by atoms with van der Waals surface area (Å²) in [5, 5.41) is 0.832. The van der Waals surface area contributed by atoms with Gasteiger partial charge in [-0.25, -0.2) is 8.42 Å². The Morgan fingerprint density at radius 1 is 1.27 bits per heavy atom. The van der Waals surface area contributed by atoms with E-state index in [4.69, 9.17) is 4.74 Å². The number of aromatic nitrogens is 2.